The number of aromatic nitrogens is 4. The molecular weight excluding hydrogens is 369 g/mol. The minimum Gasteiger partial charge on any atom is -0.353 e. The van der Waals surface area contributed by atoms with Crippen LogP contribution in [0.5, 0.6) is 0 Å². The molecule has 6 nitrogen and oxygen atoms in total. The lowest BCUT2D eigenvalue weighted by Gasteiger charge is -2.36. The lowest BCUT2D eigenvalue weighted by molar-refractivity contribution is -0.137. The van der Waals surface area contributed by atoms with E-state index in [1.165, 1.54) is 6.07 Å². The molecule has 9 heteroatoms. The van der Waals surface area contributed by atoms with Crippen LogP contribution >= 0.6 is 0 Å². The Morgan fingerprint density at radius 3 is 2.11 bits per heavy atom. The molecule has 3 aromatic heterocycles. The first-order chi connectivity index (χ1) is 13.4. The van der Waals surface area contributed by atoms with Crippen molar-refractivity contribution in [1.82, 2.24) is 19.5 Å². The van der Waals surface area contributed by atoms with E-state index in [-0.39, 0.29) is 0 Å². The monoisotopic (exact) mass is 388 g/mol. The fourth-order valence-electron chi connectivity index (χ4n) is 3.25. The van der Waals surface area contributed by atoms with Gasteiger partial charge in [-0.15, -0.1) is 0 Å². The number of nitrogens with zero attached hydrogens (tertiary/aromatic N) is 6. The zero-order valence-electron chi connectivity index (χ0n) is 15.3. The van der Waals surface area contributed by atoms with Gasteiger partial charge in [-0.3, -0.25) is 4.57 Å². The zero-order valence-corrected chi connectivity index (χ0v) is 15.3. The molecule has 4 rings (SSSR count). The number of aryl methyl sites for hydroxylation is 1. The first kappa shape index (κ1) is 18.3. The van der Waals surface area contributed by atoms with Gasteiger partial charge in [-0.25, -0.2) is 15.0 Å². The fourth-order valence-corrected chi connectivity index (χ4v) is 3.25. The summed E-state index contributed by atoms with van der Waals surface area (Å²) in [7, 11) is 0. The summed E-state index contributed by atoms with van der Waals surface area (Å²) in [5, 5.41) is 0. The van der Waals surface area contributed by atoms with Gasteiger partial charge in [-0.1, -0.05) is 6.07 Å². The molecule has 0 amide bonds. The third-order valence-corrected chi connectivity index (χ3v) is 4.80. The Kier molecular flexibility index (Phi) is 4.66. The van der Waals surface area contributed by atoms with Gasteiger partial charge in [0.2, 0.25) is 0 Å². The zero-order chi connectivity index (χ0) is 19.7. The lowest BCUT2D eigenvalue weighted by Crippen LogP contribution is -2.47. The second-order valence-electron chi connectivity index (χ2n) is 6.58. The summed E-state index contributed by atoms with van der Waals surface area (Å²) in [6.45, 7) is 4.66. The van der Waals surface area contributed by atoms with Crippen molar-refractivity contribution in [2.75, 3.05) is 36.0 Å². The van der Waals surface area contributed by atoms with Gasteiger partial charge in [0.15, 0.2) is 0 Å². The van der Waals surface area contributed by atoms with Crippen LogP contribution in [-0.4, -0.2) is 45.7 Å². The number of anilines is 2. The summed E-state index contributed by atoms with van der Waals surface area (Å²) >= 11 is 0. The van der Waals surface area contributed by atoms with Crippen LogP contribution in [0.3, 0.4) is 0 Å². The van der Waals surface area contributed by atoms with Crippen LogP contribution in [-0.2, 0) is 6.18 Å². The molecule has 3 aromatic rings. The van der Waals surface area contributed by atoms with Gasteiger partial charge in [0.25, 0.3) is 0 Å². The molecule has 0 aromatic carbocycles. The molecule has 1 aliphatic rings. The first-order valence-corrected chi connectivity index (χ1v) is 8.92. The highest BCUT2D eigenvalue weighted by molar-refractivity contribution is 5.47. The fraction of sp³-hybridized carbons (Fsp3) is 0.316. The molecule has 0 spiro atoms. The Bertz CT molecular complexity index is 943. The molecule has 4 heterocycles. The van der Waals surface area contributed by atoms with Crippen molar-refractivity contribution in [1.29, 1.82) is 0 Å². The minimum atomic E-state index is -4.37. The van der Waals surface area contributed by atoms with Crippen molar-refractivity contribution in [3.05, 3.63) is 60.3 Å². The van der Waals surface area contributed by atoms with Crippen LogP contribution in [0.15, 0.2) is 48.9 Å². The molecule has 0 atom stereocenters. The predicted octanol–water partition coefficient (Wildman–Crippen LogP) is 3.32. The van der Waals surface area contributed by atoms with Crippen LogP contribution in [0.4, 0.5) is 24.8 Å². The smallest absolute Gasteiger partial charge is 0.353 e. The third-order valence-electron chi connectivity index (χ3n) is 4.80. The van der Waals surface area contributed by atoms with E-state index < -0.39 is 11.7 Å². The summed E-state index contributed by atoms with van der Waals surface area (Å²) in [4.78, 5) is 17.1. The van der Waals surface area contributed by atoms with E-state index in [1.807, 2.05) is 40.8 Å². The minimum absolute atomic E-state index is 0.559. The van der Waals surface area contributed by atoms with Crippen LogP contribution in [0.25, 0.3) is 5.82 Å². The number of rotatable bonds is 3. The maximum absolute atomic E-state index is 12.7. The number of hydrogen-bond acceptors (Lipinski definition) is 5. The van der Waals surface area contributed by atoms with Crippen molar-refractivity contribution < 1.29 is 13.2 Å². The first-order valence-electron chi connectivity index (χ1n) is 8.92. The van der Waals surface area contributed by atoms with Gasteiger partial charge in [0, 0.05) is 44.8 Å². The summed E-state index contributed by atoms with van der Waals surface area (Å²) in [6.07, 6.45) is 0.129. The molecule has 1 saturated heterocycles. The molecule has 0 bridgehead atoms. The van der Waals surface area contributed by atoms with E-state index in [1.54, 1.807) is 6.20 Å². The average molecular weight is 388 g/mol. The highest BCUT2D eigenvalue weighted by Gasteiger charge is 2.31. The van der Waals surface area contributed by atoms with Crippen molar-refractivity contribution in [3.8, 4) is 5.82 Å². The number of halogens is 3. The maximum Gasteiger partial charge on any atom is 0.417 e. The van der Waals surface area contributed by atoms with Gasteiger partial charge in [-0.05, 0) is 31.2 Å². The Hall–Kier alpha value is -3.10. The number of pyridine rings is 2. The SMILES string of the molecule is Cc1nccn1-c1cccc(N2CCN(c3ccc(C(F)(F)F)cn3)CC2)n1. The van der Waals surface area contributed by atoms with Crippen molar-refractivity contribution in [3.63, 3.8) is 0 Å². The lowest BCUT2D eigenvalue weighted by atomic mass is 10.2. The van der Waals surface area contributed by atoms with Crippen molar-refractivity contribution in [2.24, 2.45) is 0 Å². The summed E-state index contributed by atoms with van der Waals surface area (Å²) in [6, 6.07) is 8.36. The van der Waals surface area contributed by atoms with Crippen molar-refractivity contribution in [2.45, 2.75) is 13.1 Å². The number of hydrogen-bond donors (Lipinski definition) is 0. The average Bonchev–Trinajstić information content (AvgIpc) is 3.14. The van der Waals surface area contributed by atoms with E-state index in [2.05, 4.69) is 14.9 Å². The molecular formula is C19H19F3N6. The van der Waals surface area contributed by atoms with E-state index in [4.69, 9.17) is 4.98 Å². The third kappa shape index (κ3) is 3.64. The predicted molar refractivity (Wildman–Crippen MR) is 99.8 cm³/mol. The molecule has 146 valence electrons. The van der Waals surface area contributed by atoms with Gasteiger partial charge >= 0.3 is 6.18 Å². The number of alkyl halides is 3. The normalized spacial score (nSPS) is 15.1. The summed E-state index contributed by atoms with van der Waals surface area (Å²) in [5.74, 6) is 3.09. The Balaban J connectivity index is 1.44. The van der Waals surface area contributed by atoms with Crippen LogP contribution in [0, 0.1) is 6.92 Å². The van der Waals surface area contributed by atoms with E-state index >= 15 is 0 Å². The van der Waals surface area contributed by atoms with Crippen LogP contribution < -0.4 is 9.80 Å². The molecule has 0 radical (unpaired) electrons. The highest BCUT2D eigenvalue weighted by Crippen LogP contribution is 2.29. The molecule has 0 aliphatic carbocycles. The van der Waals surface area contributed by atoms with Crippen LogP contribution in [0.1, 0.15) is 11.4 Å². The number of imidazole rings is 1. The van der Waals surface area contributed by atoms with E-state index in [0.29, 0.717) is 32.0 Å². The molecule has 28 heavy (non-hydrogen) atoms. The largest absolute Gasteiger partial charge is 0.417 e. The van der Waals surface area contributed by atoms with Gasteiger partial charge in [0.05, 0.1) is 5.56 Å². The standard InChI is InChI=1S/C19H19F3N6/c1-14-23-7-8-28(14)18-4-2-3-17(25-18)27-11-9-26(10-12-27)16-6-5-15(13-24-16)19(20,21)22/h2-8,13H,9-12H2,1H3. The molecule has 0 unspecified atom stereocenters. The van der Waals surface area contributed by atoms with Crippen LogP contribution in [0.2, 0.25) is 0 Å². The Morgan fingerprint density at radius 1 is 0.857 bits per heavy atom. The quantitative estimate of drug-likeness (QED) is 0.689. The summed E-state index contributed by atoms with van der Waals surface area (Å²) < 4.78 is 40.0. The molecule has 1 aliphatic heterocycles. The van der Waals surface area contributed by atoms with E-state index in [9.17, 15) is 13.2 Å². The topological polar surface area (TPSA) is 50.1 Å². The van der Waals surface area contributed by atoms with E-state index in [0.717, 1.165) is 29.7 Å². The summed E-state index contributed by atoms with van der Waals surface area (Å²) in [5.41, 5.74) is -0.731. The maximum atomic E-state index is 12.7. The van der Waals surface area contributed by atoms with Gasteiger partial charge < -0.3 is 9.80 Å². The molecule has 0 N–H and O–H groups in total. The second-order valence-corrected chi connectivity index (χ2v) is 6.58. The van der Waals surface area contributed by atoms with Crippen molar-refractivity contribution >= 4 is 11.6 Å². The molecule has 1 fully saturated rings. The number of piperazine rings is 1. The van der Waals surface area contributed by atoms with Gasteiger partial charge in [0.1, 0.15) is 23.3 Å². The second kappa shape index (κ2) is 7.14. The Labute approximate surface area is 160 Å². The molecule has 0 saturated carbocycles. The highest BCUT2D eigenvalue weighted by atomic mass is 19.4. The van der Waals surface area contributed by atoms with Gasteiger partial charge in [-0.2, -0.15) is 13.2 Å². The Morgan fingerprint density at radius 2 is 1.54 bits per heavy atom.